The highest BCUT2D eigenvalue weighted by Crippen LogP contribution is 2.40. The number of para-hydroxylation sites is 1. The minimum absolute atomic E-state index is 0.150. The fourth-order valence-corrected chi connectivity index (χ4v) is 4.72. The Hall–Kier alpha value is -3.78. The third-order valence-corrected chi connectivity index (χ3v) is 6.68. The van der Waals surface area contributed by atoms with E-state index in [1.807, 2.05) is 47.0 Å². The molecule has 0 bridgehead atoms. The molecule has 0 saturated heterocycles. The summed E-state index contributed by atoms with van der Waals surface area (Å²) in [5.74, 6) is 0.723. The molecular formula is C24H20N2O5S. The predicted molar refractivity (Wildman–Crippen MR) is 121 cm³/mol. The second-order valence-electron chi connectivity index (χ2n) is 7.68. The van der Waals surface area contributed by atoms with Gasteiger partial charge in [-0.05, 0) is 42.0 Å². The van der Waals surface area contributed by atoms with Crippen molar-refractivity contribution in [3.8, 4) is 22.8 Å². The molecule has 7 nitrogen and oxygen atoms in total. The number of nitrogens with zero attached hydrogens (tertiary/aromatic N) is 1. The molecule has 1 aliphatic heterocycles. The molecule has 3 aromatic carbocycles. The molecule has 1 amide bonds. The summed E-state index contributed by atoms with van der Waals surface area (Å²) >= 11 is 0. The molecule has 0 spiro atoms. The Kier molecular flexibility index (Phi) is 4.67. The highest BCUT2D eigenvalue weighted by Gasteiger charge is 2.24. The third kappa shape index (κ3) is 3.38. The van der Waals surface area contributed by atoms with Crippen LogP contribution in [0.3, 0.4) is 0 Å². The molecule has 0 fully saturated rings. The van der Waals surface area contributed by atoms with Crippen molar-refractivity contribution in [2.75, 3.05) is 13.0 Å². The number of aromatic nitrogens is 1. The smallest absolute Gasteiger partial charge is 0.251 e. The van der Waals surface area contributed by atoms with Gasteiger partial charge in [0, 0.05) is 29.3 Å². The first kappa shape index (κ1) is 20.1. The van der Waals surface area contributed by atoms with Crippen LogP contribution in [0.2, 0.25) is 0 Å². The van der Waals surface area contributed by atoms with Crippen molar-refractivity contribution in [2.45, 2.75) is 11.4 Å². The van der Waals surface area contributed by atoms with Gasteiger partial charge in [-0.15, -0.1) is 0 Å². The third-order valence-electron chi connectivity index (χ3n) is 5.56. The molecule has 0 unspecified atom stereocenters. The molecule has 162 valence electrons. The van der Waals surface area contributed by atoms with Crippen LogP contribution < -0.4 is 15.2 Å². The SMILES string of the molecule is CS(=O)(=O)c1ccc(Cn2c(-c3ccc4c(c3)OCO4)c(C(N)=O)c3ccccc32)cc1. The van der Waals surface area contributed by atoms with Gasteiger partial charge in [0.1, 0.15) is 0 Å². The maximum atomic E-state index is 12.5. The fourth-order valence-electron chi connectivity index (χ4n) is 4.09. The van der Waals surface area contributed by atoms with Crippen molar-refractivity contribution in [3.05, 3.63) is 77.9 Å². The molecule has 0 atom stereocenters. The summed E-state index contributed by atoms with van der Waals surface area (Å²) < 4.78 is 36.6. The van der Waals surface area contributed by atoms with E-state index in [9.17, 15) is 13.2 Å². The minimum atomic E-state index is -3.28. The number of nitrogens with two attached hydrogens (primary N) is 1. The Bertz CT molecular complexity index is 1470. The molecule has 2 heterocycles. The van der Waals surface area contributed by atoms with Crippen molar-refractivity contribution < 1.29 is 22.7 Å². The van der Waals surface area contributed by atoms with E-state index in [2.05, 4.69) is 0 Å². The lowest BCUT2D eigenvalue weighted by atomic mass is 10.0. The lowest BCUT2D eigenvalue weighted by Gasteiger charge is -2.13. The second kappa shape index (κ2) is 7.42. The summed E-state index contributed by atoms with van der Waals surface area (Å²) in [7, 11) is -3.28. The Morgan fingerprint density at radius 2 is 1.72 bits per heavy atom. The molecule has 4 aromatic rings. The first-order chi connectivity index (χ1) is 15.3. The van der Waals surface area contributed by atoms with Crippen LogP contribution in [-0.4, -0.2) is 31.9 Å². The number of hydrogen-bond donors (Lipinski definition) is 1. The van der Waals surface area contributed by atoms with Gasteiger partial charge >= 0.3 is 0 Å². The average molecular weight is 449 g/mol. The molecule has 2 N–H and O–H groups in total. The van der Waals surface area contributed by atoms with E-state index in [-0.39, 0.29) is 11.7 Å². The number of carbonyl (C=O) groups excluding carboxylic acids is 1. The summed E-state index contributed by atoms with van der Waals surface area (Å²) in [5, 5.41) is 0.750. The molecule has 0 aliphatic carbocycles. The molecule has 0 radical (unpaired) electrons. The molecule has 0 saturated carbocycles. The maximum Gasteiger partial charge on any atom is 0.251 e. The Labute approximate surface area is 184 Å². The van der Waals surface area contributed by atoms with E-state index in [0.29, 0.717) is 29.3 Å². The zero-order chi connectivity index (χ0) is 22.5. The number of ether oxygens (including phenoxy) is 2. The summed E-state index contributed by atoms with van der Waals surface area (Å²) in [6, 6.07) is 19.8. The van der Waals surface area contributed by atoms with E-state index in [1.54, 1.807) is 24.3 Å². The first-order valence-corrected chi connectivity index (χ1v) is 11.8. The van der Waals surface area contributed by atoms with Crippen molar-refractivity contribution in [1.29, 1.82) is 0 Å². The van der Waals surface area contributed by atoms with Crippen molar-refractivity contribution in [1.82, 2.24) is 4.57 Å². The van der Waals surface area contributed by atoms with Gasteiger partial charge in [0.05, 0.1) is 16.2 Å². The zero-order valence-corrected chi connectivity index (χ0v) is 18.1. The van der Waals surface area contributed by atoms with Gasteiger partial charge in [0.2, 0.25) is 6.79 Å². The monoisotopic (exact) mass is 448 g/mol. The molecule has 1 aliphatic rings. The number of hydrogen-bond acceptors (Lipinski definition) is 5. The Morgan fingerprint density at radius 3 is 2.44 bits per heavy atom. The number of primary amides is 1. The molecule has 32 heavy (non-hydrogen) atoms. The van der Waals surface area contributed by atoms with Crippen LogP contribution in [0.4, 0.5) is 0 Å². The number of carbonyl (C=O) groups is 1. The van der Waals surface area contributed by atoms with Crippen LogP contribution >= 0.6 is 0 Å². The van der Waals surface area contributed by atoms with Crippen LogP contribution in [0, 0.1) is 0 Å². The lowest BCUT2D eigenvalue weighted by Crippen LogP contribution is -2.13. The standard InChI is InChI=1S/C24H20N2O5S/c1-32(28,29)17-9-6-15(7-10-17)13-26-19-5-3-2-4-18(19)22(24(25)27)23(26)16-8-11-20-21(12-16)31-14-30-20/h2-12H,13-14H2,1H3,(H2,25,27). The van der Waals surface area contributed by atoms with Gasteiger partial charge in [-0.1, -0.05) is 30.3 Å². The minimum Gasteiger partial charge on any atom is -0.454 e. The van der Waals surface area contributed by atoms with Crippen LogP contribution in [0.15, 0.2) is 71.6 Å². The van der Waals surface area contributed by atoms with Crippen molar-refractivity contribution >= 4 is 26.6 Å². The fraction of sp³-hybridized carbons (Fsp3) is 0.125. The summed E-state index contributed by atoms with van der Waals surface area (Å²) in [5.41, 5.74) is 9.43. The van der Waals surface area contributed by atoms with Crippen LogP contribution in [0.5, 0.6) is 11.5 Å². The van der Waals surface area contributed by atoms with Gasteiger partial charge < -0.3 is 19.8 Å². The summed E-state index contributed by atoms with van der Waals surface area (Å²) in [6.07, 6.45) is 1.18. The molecular weight excluding hydrogens is 428 g/mol. The Morgan fingerprint density at radius 1 is 1.00 bits per heavy atom. The van der Waals surface area contributed by atoms with Crippen LogP contribution in [0.1, 0.15) is 15.9 Å². The van der Waals surface area contributed by atoms with Crippen LogP contribution in [-0.2, 0) is 16.4 Å². The number of benzene rings is 3. The zero-order valence-electron chi connectivity index (χ0n) is 17.2. The predicted octanol–water partition coefficient (Wildman–Crippen LogP) is 3.59. The number of amides is 1. The van der Waals surface area contributed by atoms with Crippen molar-refractivity contribution in [3.63, 3.8) is 0 Å². The number of fused-ring (bicyclic) bond motifs is 2. The lowest BCUT2D eigenvalue weighted by molar-refractivity contribution is 0.100. The summed E-state index contributed by atoms with van der Waals surface area (Å²) in [4.78, 5) is 12.8. The highest BCUT2D eigenvalue weighted by atomic mass is 32.2. The number of rotatable bonds is 5. The van der Waals surface area contributed by atoms with Crippen LogP contribution in [0.25, 0.3) is 22.2 Å². The van der Waals surface area contributed by atoms with Gasteiger partial charge in [-0.2, -0.15) is 0 Å². The molecule has 1 aromatic heterocycles. The van der Waals surface area contributed by atoms with Gasteiger partial charge in [-0.3, -0.25) is 4.79 Å². The van der Waals surface area contributed by atoms with Crippen molar-refractivity contribution in [2.24, 2.45) is 5.73 Å². The van der Waals surface area contributed by atoms with Gasteiger partial charge in [0.25, 0.3) is 5.91 Å². The van der Waals surface area contributed by atoms with E-state index in [0.717, 1.165) is 22.0 Å². The largest absolute Gasteiger partial charge is 0.454 e. The summed E-state index contributed by atoms with van der Waals surface area (Å²) in [6.45, 7) is 0.568. The van der Waals surface area contributed by atoms with E-state index >= 15 is 0 Å². The normalized spacial score (nSPS) is 12.9. The second-order valence-corrected chi connectivity index (χ2v) is 9.69. The molecule has 5 rings (SSSR count). The molecule has 8 heteroatoms. The topological polar surface area (TPSA) is 101 Å². The quantitative estimate of drug-likeness (QED) is 0.503. The van der Waals surface area contributed by atoms with Gasteiger partial charge in [0.15, 0.2) is 21.3 Å². The first-order valence-electron chi connectivity index (χ1n) is 9.93. The van der Waals surface area contributed by atoms with E-state index in [1.165, 1.54) is 6.26 Å². The van der Waals surface area contributed by atoms with E-state index < -0.39 is 15.7 Å². The average Bonchev–Trinajstić information content (AvgIpc) is 3.35. The Balaban J connectivity index is 1.71. The number of sulfone groups is 1. The van der Waals surface area contributed by atoms with E-state index in [4.69, 9.17) is 15.2 Å². The van der Waals surface area contributed by atoms with Gasteiger partial charge in [-0.25, -0.2) is 8.42 Å². The highest BCUT2D eigenvalue weighted by molar-refractivity contribution is 7.90. The maximum absolute atomic E-state index is 12.5.